The van der Waals surface area contributed by atoms with E-state index in [1.165, 1.54) is 0 Å². The van der Waals surface area contributed by atoms with Gasteiger partial charge in [0.15, 0.2) is 0 Å². The zero-order valence-electron chi connectivity index (χ0n) is 3.79. The maximum atomic E-state index is 10.0. The molecule has 3 nitrogen and oxygen atoms in total. The summed E-state index contributed by atoms with van der Waals surface area (Å²) in [6.45, 7) is 0. The fraction of sp³-hybridized carbons (Fsp3) is 0. The Labute approximate surface area is 49.9 Å². The van der Waals surface area contributed by atoms with Crippen LogP contribution in [0.4, 0.5) is 0 Å². The van der Waals surface area contributed by atoms with Crippen molar-refractivity contribution in [3.63, 3.8) is 0 Å². The van der Waals surface area contributed by atoms with Crippen LogP contribution < -0.4 is 0 Å². The Morgan fingerprint density at radius 3 is 1.88 bits per heavy atom. The molecule has 0 saturated heterocycles. The van der Waals surface area contributed by atoms with Crippen LogP contribution in [0.3, 0.4) is 0 Å². The highest BCUT2D eigenvalue weighted by Gasteiger charge is 1.92. The Hall–Kier alpha value is -1.13. The molecule has 0 aromatic rings. The molecule has 0 aliphatic rings. The topological polar surface area (TPSA) is 35.5 Å². The Kier molecular flexibility index (Phi) is 3.47. The van der Waals surface area contributed by atoms with E-state index in [1.54, 1.807) is 12.2 Å². The minimum Gasteiger partial charge on any atom is -0.316 e. The van der Waals surface area contributed by atoms with Crippen LogP contribution in [0.25, 0.3) is 0 Å². The molecular formula is C4H2O3S. The summed E-state index contributed by atoms with van der Waals surface area (Å²) < 4.78 is 17.9. The minimum absolute atomic E-state index is 1.63. The molecule has 0 fully saturated rings. The Bertz CT molecular complexity index is 143. The zero-order chi connectivity index (χ0) is 6.41. The maximum Gasteiger partial charge on any atom is 0.435 e. The lowest BCUT2D eigenvalue weighted by molar-refractivity contribution is 0.427. The molecule has 0 aliphatic carbocycles. The summed E-state index contributed by atoms with van der Waals surface area (Å²) in [4.78, 5) is 0. The second-order valence-electron chi connectivity index (χ2n) is 0.606. The van der Waals surface area contributed by atoms with Crippen LogP contribution in [-0.2, 0) is 19.7 Å². The standard InChI is InChI=1S/C4H2O3S/c1-3-6-8(5)7-4-2/h1-2H. The van der Waals surface area contributed by atoms with Crippen LogP contribution in [0.5, 0.6) is 0 Å². The molecule has 0 unspecified atom stereocenters. The van der Waals surface area contributed by atoms with Gasteiger partial charge in [0.2, 0.25) is 0 Å². The normalized spacial score (nSPS) is 6.88. The van der Waals surface area contributed by atoms with E-state index in [2.05, 4.69) is 21.2 Å². The van der Waals surface area contributed by atoms with E-state index in [0.29, 0.717) is 0 Å². The molecule has 0 rings (SSSR count). The molecule has 0 aliphatic heterocycles. The van der Waals surface area contributed by atoms with E-state index in [0.717, 1.165) is 0 Å². The summed E-state index contributed by atoms with van der Waals surface area (Å²) in [6.07, 6.45) is 12.4. The lowest BCUT2D eigenvalue weighted by Crippen LogP contribution is -1.91. The molecule has 4 heteroatoms. The average Bonchev–Trinajstić information content (AvgIpc) is 1.68. The molecular weight excluding hydrogens is 128 g/mol. The summed E-state index contributed by atoms with van der Waals surface area (Å²) in [5.41, 5.74) is 0. The van der Waals surface area contributed by atoms with E-state index in [4.69, 9.17) is 0 Å². The Balaban J connectivity index is 3.41. The molecule has 0 heterocycles. The highest BCUT2D eigenvalue weighted by molar-refractivity contribution is 7.75. The smallest absolute Gasteiger partial charge is 0.316 e. The quantitative estimate of drug-likeness (QED) is 0.485. The summed E-state index contributed by atoms with van der Waals surface area (Å²) >= 11 is -1.99. The van der Waals surface area contributed by atoms with Crippen LogP contribution in [0.2, 0.25) is 0 Å². The van der Waals surface area contributed by atoms with Gasteiger partial charge in [0.05, 0.1) is 0 Å². The predicted molar refractivity (Wildman–Crippen MR) is 28.0 cm³/mol. The number of hydrogen-bond acceptors (Lipinski definition) is 3. The van der Waals surface area contributed by atoms with Crippen molar-refractivity contribution in [2.45, 2.75) is 0 Å². The number of rotatable bonds is 2. The fourth-order valence-corrected chi connectivity index (χ4v) is 0.287. The molecule has 0 spiro atoms. The predicted octanol–water partition coefficient (Wildman–Crippen LogP) is -0.220. The molecule has 0 N–H and O–H groups in total. The van der Waals surface area contributed by atoms with E-state index < -0.39 is 11.4 Å². The molecule has 0 saturated carbocycles. The van der Waals surface area contributed by atoms with Gasteiger partial charge in [-0.05, 0) is 0 Å². The second kappa shape index (κ2) is 4.04. The monoisotopic (exact) mass is 130 g/mol. The van der Waals surface area contributed by atoms with Crippen LogP contribution in [0.1, 0.15) is 0 Å². The Morgan fingerprint density at radius 2 is 1.62 bits per heavy atom. The van der Waals surface area contributed by atoms with Crippen molar-refractivity contribution in [1.82, 2.24) is 0 Å². The van der Waals surface area contributed by atoms with Crippen molar-refractivity contribution in [1.29, 1.82) is 0 Å². The first-order valence-corrected chi connectivity index (χ1v) is 2.49. The van der Waals surface area contributed by atoms with Gasteiger partial charge >= 0.3 is 11.4 Å². The second-order valence-corrected chi connectivity index (χ2v) is 1.35. The van der Waals surface area contributed by atoms with E-state index in [9.17, 15) is 4.21 Å². The van der Waals surface area contributed by atoms with Gasteiger partial charge in [0.25, 0.3) is 0 Å². The van der Waals surface area contributed by atoms with Gasteiger partial charge in [0.1, 0.15) is 12.2 Å². The van der Waals surface area contributed by atoms with Crippen LogP contribution >= 0.6 is 0 Å². The van der Waals surface area contributed by atoms with Gasteiger partial charge in [-0.25, -0.2) is 0 Å². The lowest BCUT2D eigenvalue weighted by atomic mass is 11.3. The molecule has 0 amide bonds. The number of hydrogen-bond donors (Lipinski definition) is 0. The summed E-state index contributed by atoms with van der Waals surface area (Å²) in [7, 11) is 0. The molecule has 8 heavy (non-hydrogen) atoms. The minimum atomic E-state index is -1.99. The van der Waals surface area contributed by atoms with Crippen molar-refractivity contribution in [3.05, 3.63) is 0 Å². The molecule has 0 bridgehead atoms. The SMILES string of the molecule is C#COS(=O)OC#C. The lowest BCUT2D eigenvalue weighted by Gasteiger charge is -1.86. The van der Waals surface area contributed by atoms with E-state index in [1.807, 2.05) is 0 Å². The van der Waals surface area contributed by atoms with Gasteiger partial charge in [-0.1, -0.05) is 12.8 Å². The van der Waals surface area contributed by atoms with Crippen molar-refractivity contribution < 1.29 is 12.6 Å². The van der Waals surface area contributed by atoms with Crippen molar-refractivity contribution in [3.8, 4) is 25.1 Å². The van der Waals surface area contributed by atoms with Gasteiger partial charge in [-0.2, -0.15) is 4.21 Å². The van der Waals surface area contributed by atoms with Gasteiger partial charge in [-0.3, -0.25) is 0 Å². The first-order valence-electron chi connectivity index (χ1n) is 1.49. The summed E-state index contributed by atoms with van der Waals surface area (Å²) in [6, 6.07) is 0. The highest BCUT2D eigenvalue weighted by Crippen LogP contribution is 1.81. The van der Waals surface area contributed by atoms with Crippen molar-refractivity contribution >= 4 is 11.4 Å². The first kappa shape index (κ1) is 6.87. The highest BCUT2D eigenvalue weighted by atomic mass is 32.2. The largest absolute Gasteiger partial charge is 0.435 e. The third-order valence-electron chi connectivity index (χ3n) is 0.232. The summed E-state index contributed by atoms with van der Waals surface area (Å²) in [5.74, 6) is 0. The third-order valence-corrected chi connectivity index (χ3v) is 0.697. The molecule has 0 aromatic carbocycles. The number of terminal acetylenes is 2. The molecule has 42 valence electrons. The average molecular weight is 130 g/mol. The third kappa shape index (κ3) is 3.08. The van der Waals surface area contributed by atoms with Gasteiger partial charge in [-0.15, -0.1) is 0 Å². The van der Waals surface area contributed by atoms with Crippen molar-refractivity contribution in [2.24, 2.45) is 0 Å². The van der Waals surface area contributed by atoms with Gasteiger partial charge in [0, 0.05) is 0 Å². The first-order chi connectivity index (χ1) is 3.81. The van der Waals surface area contributed by atoms with Crippen LogP contribution in [0, 0.1) is 25.1 Å². The van der Waals surface area contributed by atoms with E-state index in [-0.39, 0.29) is 0 Å². The molecule has 0 atom stereocenters. The molecule has 0 aromatic heterocycles. The summed E-state index contributed by atoms with van der Waals surface area (Å²) in [5, 5.41) is 0. The van der Waals surface area contributed by atoms with Crippen LogP contribution in [0.15, 0.2) is 0 Å². The van der Waals surface area contributed by atoms with E-state index >= 15 is 0 Å². The van der Waals surface area contributed by atoms with Crippen molar-refractivity contribution in [2.75, 3.05) is 0 Å². The molecule has 0 radical (unpaired) electrons. The maximum absolute atomic E-state index is 10.0. The zero-order valence-corrected chi connectivity index (χ0v) is 4.60. The Morgan fingerprint density at radius 1 is 1.25 bits per heavy atom. The van der Waals surface area contributed by atoms with Crippen LogP contribution in [-0.4, -0.2) is 4.21 Å². The van der Waals surface area contributed by atoms with Gasteiger partial charge < -0.3 is 8.37 Å². The fourth-order valence-electron chi connectivity index (χ4n) is 0.0956.